The highest BCUT2D eigenvalue weighted by molar-refractivity contribution is 5.70. The van der Waals surface area contributed by atoms with E-state index in [4.69, 9.17) is 14.2 Å². The van der Waals surface area contributed by atoms with Crippen molar-refractivity contribution in [2.45, 2.75) is 322 Å². The van der Waals surface area contributed by atoms with Crippen molar-refractivity contribution >= 4 is 11.9 Å². The second kappa shape index (κ2) is 59.2. The Hall–Kier alpha value is -2.14. The lowest BCUT2D eigenvalue weighted by Crippen LogP contribution is -2.30. The fourth-order valence-corrected chi connectivity index (χ4v) is 8.81. The molecule has 0 bridgehead atoms. The van der Waals surface area contributed by atoms with Gasteiger partial charge in [-0.1, -0.05) is 268 Å². The summed E-state index contributed by atoms with van der Waals surface area (Å²) in [6, 6.07) is 0. The summed E-state index contributed by atoms with van der Waals surface area (Å²) in [6.07, 6.45) is 74.2. The first-order valence-electron chi connectivity index (χ1n) is 30.2. The summed E-state index contributed by atoms with van der Waals surface area (Å²) in [4.78, 5) is 25.6. The Morgan fingerprint density at radius 2 is 0.618 bits per heavy atom. The zero-order chi connectivity index (χ0) is 49.2. The summed E-state index contributed by atoms with van der Waals surface area (Å²) in [5, 5.41) is 0. The number of hydrogen-bond donors (Lipinski definition) is 0. The maximum absolute atomic E-state index is 12.9. The van der Waals surface area contributed by atoms with Crippen LogP contribution in [0, 0.1) is 0 Å². The molecule has 0 saturated carbocycles. The first-order chi connectivity index (χ1) is 33.6. The molecule has 0 spiro atoms. The second-order valence-electron chi connectivity index (χ2n) is 20.3. The molecule has 0 radical (unpaired) electrons. The Morgan fingerprint density at radius 1 is 0.324 bits per heavy atom. The molecule has 1 atom stereocenters. The number of rotatable bonds is 56. The molecule has 0 aliphatic carbocycles. The van der Waals surface area contributed by atoms with E-state index < -0.39 is 6.10 Å². The summed E-state index contributed by atoms with van der Waals surface area (Å²) in [5.41, 5.74) is 0. The molecule has 398 valence electrons. The van der Waals surface area contributed by atoms with Gasteiger partial charge in [-0.3, -0.25) is 9.59 Å². The van der Waals surface area contributed by atoms with Crippen molar-refractivity contribution in [2.24, 2.45) is 0 Å². The van der Waals surface area contributed by atoms with E-state index in [2.05, 4.69) is 69.4 Å². The van der Waals surface area contributed by atoms with Crippen LogP contribution in [-0.4, -0.2) is 37.9 Å². The average Bonchev–Trinajstić information content (AvgIpc) is 3.34. The molecule has 0 aliphatic heterocycles. The van der Waals surface area contributed by atoms with E-state index in [0.29, 0.717) is 19.4 Å². The highest BCUT2D eigenvalue weighted by atomic mass is 16.6. The summed E-state index contributed by atoms with van der Waals surface area (Å²) in [7, 11) is 0. The minimum absolute atomic E-state index is 0.0806. The van der Waals surface area contributed by atoms with Crippen molar-refractivity contribution in [2.75, 3.05) is 19.8 Å². The van der Waals surface area contributed by atoms with Gasteiger partial charge in [0.25, 0.3) is 0 Å². The topological polar surface area (TPSA) is 61.8 Å². The fraction of sp³-hybridized carbons (Fsp3) is 0.841. The first kappa shape index (κ1) is 65.9. The number of esters is 2. The zero-order valence-electron chi connectivity index (χ0n) is 45.9. The van der Waals surface area contributed by atoms with E-state index in [-0.39, 0.29) is 25.2 Å². The quantitative estimate of drug-likeness (QED) is 0.0345. The third-order valence-corrected chi connectivity index (χ3v) is 13.3. The van der Waals surface area contributed by atoms with Crippen molar-refractivity contribution in [1.29, 1.82) is 0 Å². The molecule has 0 aliphatic rings. The Morgan fingerprint density at radius 3 is 1.03 bits per heavy atom. The van der Waals surface area contributed by atoms with Gasteiger partial charge in [0.2, 0.25) is 0 Å². The summed E-state index contributed by atoms with van der Waals surface area (Å²) >= 11 is 0. The maximum atomic E-state index is 12.9. The van der Waals surface area contributed by atoms with Crippen LogP contribution < -0.4 is 0 Å². The standard InChI is InChI=1S/C63H116O5/c1-4-7-10-13-16-19-22-25-28-31-32-34-35-38-41-44-47-50-53-56-62(64)67-60-61(59-66-58-55-52-49-46-43-40-37-30-27-24-21-18-15-12-9-6-3)68-63(65)57-54-51-48-45-42-39-36-33-29-26-23-20-17-14-11-8-5-2/h16,19,25-26,28-29,32,34,61H,4-15,17-18,20-24,27,30-31,33,35-60H2,1-3H3/b19-16-,28-25-,29-26-,34-32-. The van der Waals surface area contributed by atoms with Gasteiger partial charge in [-0.2, -0.15) is 0 Å². The molecule has 0 N–H and O–H groups in total. The van der Waals surface area contributed by atoms with Gasteiger partial charge in [0.05, 0.1) is 6.61 Å². The molecular formula is C63H116O5. The van der Waals surface area contributed by atoms with Crippen LogP contribution in [0.4, 0.5) is 0 Å². The van der Waals surface area contributed by atoms with Gasteiger partial charge in [-0.05, 0) is 83.5 Å². The normalized spacial score (nSPS) is 12.5. The van der Waals surface area contributed by atoms with Gasteiger partial charge < -0.3 is 14.2 Å². The molecular weight excluding hydrogens is 837 g/mol. The van der Waals surface area contributed by atoms with Crippen LogP contribution in [0.15, 0.2) is 48.6 Å². The minimum Gasteiger partial charge on any atom is -0.462 e. The highest BCUT2D eigenvalue weighted by Crippen LogP contribution is 2.16. The first-order valence-corrected chi connectivity index (χ1v) is 30.2. The Balaban J connectivity index is 4.27. The van der Waals surface area contributed by atoms with E-state index >= 15 is 0 Å². The molecule has 0 fully saturated rings. The van der Waals surface area contributed by atoms with Crippen LogP contribution in [0.5, 0.6) is 0 Å². The minimum atomic E-state index is -0.542. The van der Waals surface area contributed by atoms with Crippen LogP contribution in [-0.2, 0) is 23.8 Å². The van der Waals surface area contributed by atoms with E-state index in [1.54, 1.807) is 0 Å². The Bertz CT molecular complexity index is 1120. The zero-order valence-corrected chi connectivity index (χ0v) is 45.9. The number of carbonyl (C=O) groups is 2. The summed E-state index contributed by atoms with van der Waals surface area (Å²) < 4.78 is 17.5. The van der Waals surface area contributed by atoms with Crippen molar-refractivity contribution in [1.82, 2.24) is 0 Å². The largest absolute Gasteiger partial charge is 0.462 e. The molecule has 0 aromatic carbocycles. The van der Waals surface area contributed by atoms with Gasteiger partial charge in [0, 0.05) is 19.4 Å². The number of unbranched alkanes of at least 4 members (excludes halogenated alkanes) is 37. The Labute approximate surface area is 424 Å². The SMILES string of the molecule is CCCCC/C=C\C/C=C\C/C=C\CCCCCCCCC(=O)OCC(COCCCCCCCCCCCCCCCCCC)OC(=O)CCCCCCCCC/C=C\CCCCCCCC. The number of ether oxygens (including phenoxy) is 3. The van der Waals surface area contributed by atoms with E-state index in [1.807, 2.05) is 0 Å². The molecule has 0 amide bonds. The van der Waals surface area contributed by atoms with E-state index in [0.717, 1.165) is 64.2 Å². The fourth-order valence-electron chi connectivity index (χ4n) is 8.81. The number of allylic oxidation sites excluding steroid dienone is 8. The van der Waals surface area contributed by atoms with Gasteiger partial charge >= 0.3 is 11.9 Å². The van der Waals surface area contributed by atoms with Gasteiger partial charge in [-0.15, -0.1) is 0 Å². The average molecular weight is 954 g/mol. The lowest BCUT2D eigenvalue weighted by molar-refractivity contribution is -0.163. The van der Waals surface area contributed by atoms with Gasteiger partial charge in [-0.25, -0.2) is 0 Å². The predicted molar refractivity (Wildman–Crippen MR) is 298 cm³/mol. The van der Waals surface area contributed by atoms with E-state index in [1.165, 1.54) is 218 Å². The molecule has 68 heavy (non-hydrogen) atoms. The molecule has 5 heteroatoms. The molecule has 0 heterocycles. The van der Waals surface area contributed by atoms with Crippen LogP contribution in [0.2, 0.25) is 0 Å². The lowest BCUT2D eigenvalue weighted by atomic mass is 10.0. The molecule has 0 saturated heterocycles. The molecule has 5 nitrogen and oxygen atoms in total. The smallest absolute Gasteiger partial charge is 0.306 e. The number of hydrogen-bond acceptors (Lipinski definition) is 5. The van der Waals surface area contributed by atoms with Gasteiger partial charge in [0.1, 0.15) is 6.61 Å². The highest BCUT2D eigenvalue weighted by Gasteiger charge is 2.17. The van der Waals surface area contributed by atoms with Crippen molar-refractivity contribution < 1.29 is 23.8 Å². The van der Waals surface area contributed by atoms with Crippen molar-refractivity contribution in [3.05, 3.63) is 48.6 Å². The summed E-state index contributed by atoms with van der Waals surface area (Å²) in [6.45, 7) is 7.84. The van der Waals surface area contributed by atoms with Crippen LogP contribution in [0.25, 0.3) is 0 Å². The molecule has 1 unspecified atom stereocenters. The van der Waals surface area contributed by atoms with Crippen LogP contribution in [0.1, 0.15) is 316 Å². The van der Waals surface area contributed by atoms with E-state index in [9.17, 15) is 9.59 Å². The molecule has 0 aromatic rings. The molecule has 0 aromatic heterocycles. The van der Waals surface area contributed by atoms with Gasteiger partial charge in [0.15, 0.2) is 6.10 Å². The third-order valence-electron chi connectivity index (χ3n) is 13.3. The Kier molecular flexibility index (Phi) is 57.3. The van der Waals surface area contributed by atoms with Crippen LogP contribution in [0.3, 0.4) is 0 Å². The maximum Gasteiger partial charge on any atom is 0.306 e. The lowest BCUT2D eigenvalue weighted by Gasteiger charge is -2.18. The third kappa shape index (κ3) is 56.4. The van der Waals surface area contributed by atoms with Crippen molar-refractivity contribution in [3.8, 4) is 0 Å². The number of carbonyl (C=O) groups excluding carboxylic acids is 2. The second-order valence-corrected chi connectivity index (χ2v) is 20.3. The van der Waals surface area contributed by atoms with Crippen LogP contribution >= 0.6 is 0 Å². The monoisotopic (exact) mass is 953 g/mol. The molecule has 0 rings (SSSR count). The predicted octanol–water partition coefficient (Wildman–Crippen LogP) is 20.7. The van der Waals surface area contributed by atoms with Crippen molar-refractivity contribution in [3.63, 3.8) is 0 Å². The summed E-state index contributed by atoms with van der Waals surface area (Å²) in [5.74, 6) is -0.399.